The van der Waals surface area contributed by atoms with Gasteiger partial charge in [0.05, 0.1) is 30.7 Å². The highest BCUT2D eigenvalue weighted by molar-refractivity contribution is 5.86. The molecule has 162 valence electrons. The summed E-state index contributed by atoms with van der Waals surface area (Å²) in [5, 5.41) is 0.523. The molecule has 0 saturated carbocycles. The highest BCUT2D eigenvalue weighted by atomic mass is 16.5. The summed E-state index contributed by atoms with van der Waals surface area (Å²) in [6, 6.07) is 19.0. The Morgan fingerprint density at radius 3 is 2.47 bits per heavy atom. The van der Waals surface area contributed by atoms with Crippen LogP contribution in [-0.2, 0) is 13.1 Å². The van der Waals surface area contributed by atoms with Crippen molar-refractivity contribution in [3.63, 3.8) is 0 Å². The van der Waals surface area contributed by atoms with Gasteiger partial charge in [-0.15, -0.1) is 0 Å². The topological polar surface area (TPSA) is 61.1 Å². The van der Waals surface area contributed by atoms with E-state index in [-0.39, 0.29) is 5.43 Å². The van der Waals surface area contributed by atoms with Crippen LogP contribution in [0.4, 0.5) is 0 Å². The summed E-state index contributed by atoms with van der Waals surface area (Å²) in [5.74, 6) is 2.20. The smallest absolute Gasteiger partial charge is 0.200 e. The Kier molecular flexibility index (Phi) is 5.29. The first kappa shape index (κ1) is 20.2. The van der Waals surface area contributed by atoms with Crippen molar-refractivity contribution >= 4 is 11.0 Å². The average Bonchev–Trinajstić information content (AvgIpc) is 2.84. The van der Waals surface area contributed by atoms with Gasteiger partial charge in [-0.1, -0.05) is 36.4 Å². The maximum absolute atomic E-state index is 13.4. The van der Waals surface area contributed by atoms with Gasteiger partial charge in [-0.05, 0) is 24.3 Å². The molecule has 3 aromatic carbocycles. The van der Waals surface area contributed by atoms with Crippen LogP contribution >= 0.6 is 0 Å². The second kappa shape index (κ2) is 8.40. The van der Waals surface area contributed by atoms with Crippen LogP contribution in [0, 0.1) is 0 Å². The molecule has 0 saturated heterocycles. The maximum Gasteiger partial charge on any atom is 0.200 e. The van der Waals surface area contributed by atoms with Gasteiger partial charge in [0.1, 0.15) is 35.8 Å². The summed E-state index contributed by atoms with van der Waals surface area (Å²) >= 11 is 0. The second-order valence-electron chi connectivity index (χ2n) is 7.67. The molecule has 2 heterocycles. The predicted molar refractivity (Wildman–Crippen MR) is 122 cm³/mol. The van der Waals surface area contributed by atoms with Gasteiger partial charge in [0.25, 0.3) is 0 Å². The minimum atomic E-state index is -0.0968. The van der Waals surface area contributed by atoms with Crippen LogP contribution in [0.2, 0.25) is 0 Å². The summed E-state index contributed by atoms with van der Waals surface area (Å²) < 4.78 is 22.9. The first-order valence-electron chi connectivity index (χ1n) is 10.4. The first-order chi connectivity index (χ1) is 15.7. The molecule has 6 heteroatoms. The van der Waals surface area contributed by atoms with Crippen LogP contribution in [0.15, 0.2) is 76.1 Å². The Hall–Kier alpha value is -3.77. The second-order valence-corrected chi connectivity index (χ2v) is 7.67. The van der Waals surface area contributed by atoms with Crippen LogP contribution in [0.25, 0.3) is 22.1 Å². The number of hydrogen-bond donors (Lipinski definition) is 0. The lowest BCUT2D eigenvalue weighted by Gasteiger charge is -2.29. The molecule has 0 amide bonds. The Balaban J connectivity index is 1.53. The van der Waals surface area contributed by atoms with Gasteiger partial charge in [-0.2, -0.15) is 0 Å². The standard InChI is InChI=1S/C26H23NO5/c1-29-22-9-5-3-7-17(22)13-27-14-20-24(32-16-27)12-11-19-25(28)21(15-31-26(19)20)18-8-4-6-10-23(18)30-2/h3-12,15H,13-14,16H2,1-2H3. The highest BCUT2D eigenvalue weighted by Gasteiger charge is 2.24. The molecule has 5 rings (SSSR count). The number of methoxy groups -OCH3 is 2. The van der Waals surface area contributed by atoms with Crippen LogP contribution in [0.3, 0.4) is 0 Å². The quantitative estimate of drug-likeness (QED) is 0.453. The zero-order valence-electron chi connectivity index (χ0n) is 18.0. The molecule has 0 aliphatic carbocycles. The van der Waals surface area contributed by atoms with Crippen molar-refractivity contribution in [1.82, 2.24) is 4.90 Å². The lowest BCUT2D eigenvalue weighted by Crippen LogP contribution is -2.32. The van der Waals surface area contributed by atoms with E-state index in [2.05, 4.69) is 4.90 Å². The number of ether oxygens (including phenoxy) is 3. The van der Waals surface area contributed by atoms with E-state index in [9.17, 15) is 4.79 Å². The molecule has 32 heavy (non-hydrogen) atoms. The van der Waals surface area contributed by atoms with E-state index >= 15 is 0 Å². The van der Waals surface area contributed by atoms with E-state index in [0.717, 1.165) is 22.6 Å². The van der Waals surface area contributed by atoms with Crippen molar-refractivity contribution < 1.29 is 18.6 Å². The van der Waals surface area contributed by atoms with Gasteiger partial charge in [0.2, 0.25) is 5.43 Å². The lowest BCUT2D eigenvalue weighted by molar-refractivity contribution is 0.0882. The summed E-state index contributed by atoms with van der Waals surface area (Å²) in [5.41, 5.74) is 3.57. The highest BCUT2D eigenvalue weighted by Crippen LogP contribution is 2.35. The third-order valence-corrected chi connectivity index (χ3v) is 5.77. The maximum atomic E-state index is 13.4. The van der Waals surface area contributed by atoms with Crippen molar-refractivity contribution in [1.29, 1.82) is 0 Å². The first-order valence-corrected chi connectivity index (χ1v) is 10.4. The van der Waals surface area contributed by atoms with Crippen LogP contribution < -0.4 is 19.6 Å². The summed E-state index contributed by atoms with van der Waals surface area (Å²) in [6.07, 6.45) is 1.52. The summed E-state index contributed by atoms with van der Waals surface area (Å²) in [7, 11) is 3.26. The molecule has 0 bridgehead atoms. The van der Waals surface area contributed by atoms with E-state index in [4.69, 9.17) is 18.6 Å². The van der Waals surface area contributed by atoms with Crippen molar-refractivity contribution in [2.45, 2.75) is 13.1 Å². The van der Waals surface area contributed by atoms with Crippen molar-refractivity contribution in [3.05, 3.63) is 88.3 Å². The molecule has 1 aliphatic rings. The van der Waals surface area contributed by atoms with Gasteiger partial charge in [-0.3, -0.25) is 9.69 Å². The molecule has 0 spiro atoms. The van der Waals surface area contributed by atoms with Gasteiger partial charge < -0.3 is 18.6 Å². The van der Waals surface area contributed by atoms with E-state index in [1.54, 1.807) is 20.3 Å². The fourth-order valence-electron chi connectivity index (χ4n) is 4.18. The SMILES string of the molecule is COc1ccccc1CN1COc2ccc3c(=O)c(-c4ccccc4OC)coc3c2C1. The molecule has 0 N–H and O–H groups in total. The number of fused-ring (bicyclic) bond motifs is 3. The van der Waals surface area contributed by atoms with Crippen LogP contribution in [-0.4, -0.2) is 25.9 Å². The predicted octanol–water partition coefficient (Wildman–Crippen LogP) is 4.83. The largest absolute Gasteiger partial charge is 0.496 e. The van der Waals surface area contributed by atoms with Crippen molar-refractivity contribution in [2.24, 2.45) is 0 Å². The zero-order valence-corrected chi connectivity index (χ0v) is 18.0. The van der Waals surface area contributed by atoms with Gasteiger partial charge in [0.15, 0.2) is 0 Å². The molecule has 0 atom stereocenters. The van der Waals surface area contributed by atoms with Gasteiger partial charge >= 0.3 is 0 Å². The Bertz CT molecular complexity index is 1340. The summed E-state index contributed by atoms with van der Waals surface area (Å²) in [6.45, 7) is 1.70. The minimum Gasteiger partial charge on any atom is -0.496 e. The van der Waals surface area contributed by atoms with E-state index in [1.165, 1.54) is 6.26 Å². The number of para-hydroxylation sites is 2. The number of benzene rings is 3. The Labute approximate surface area is 185 Å². The van der Waals surface area contributed by atoms with Crippen LogP contribution in [0.1, 0.15) is 11.1 Å². The number of nitrogens with zero attached hydrogens (tertiary/aromatic N) is 1. The molecule has 6 nitrogen and oxygen atoms in total. The molecule has 0 unspecified atom stereocenters. The van der Waals surface area contributed by atoms with Gasteiger partial charge in [-0.25, -0.2) is 0 Å². The Morgan fingerprint density at radius 2 is 1.66 bits per heavy atom. The number of rotatable bonds is 5. The van der Waals surface area contributed by atoms with Gasteiger partial charge in [0, 0.05) is 24.2 Å². The third kappa shape index (κ3) is 3.48. The average molecular weight is 429 g/mol. The zero-order chi connectivity index (χ0) is 22.1. The minimum absolute atomic E-state index is 0.0968. The number of hydrogen-bond acceptors (Lipinski definition) is 6. The summed E-state index contributed by atoms with van der Waals surface area (Å²) in [4.78, 5) is 15.5. The third-order valence-electron chi connectivity index (χ3n) is 5.77. The molecule has 1 aromatic heterocycles. The molecular formula is C26H23NO5. The van der Waals surface area contributed by atoms with E-state index in [1.807, 2.05) is 54.6 Å². The molecule has 0 radical (unpaired) electrons. The van der Waals surface area contributed by atoms with Crippen LogP contribution in [0.5, 0.6) is 17.2 Å². The molecular weight excluding hydrogens is 406 g/mol. The van der Waals surface area contributed by atoms with Crippen molar-refractivity contribution in [2.75, 3.05) is 21.0 Å². The molecule has 0 fully saturated rings. The fourth-order valence-corrected chi connectivity index (χ4v) is 4.18. The van der Waals surface area contributed by atoms with E-state index < -0.39 is 0 Å². The van der Waals surface area contributed by atoms with Crippen molar-refractivity contribution in [3.8, 4) is 28.4 Å². The normalized spacial score (nSPS) is 13.4. The fraction of sp³-hybridized carbons (Fsp3) is 0.192. The van der Waals surface area contributed by atoms with E-state index in [0.29, 0.717) is 47.7 Å². The molecule has 4 aromatic rings. The monoisotopic (exact) mass is 429 g/mol. The lowest BCUT2D eigenvalue weighted by atomic mass is 10.0. The Morgan fingerprint density at radius 1 is 0.906 bits per heavy atom. The molecule has 1 aliphatic heterocycles.